The van der Waals surface area contributed by atoms with E-state index in [0.717, 1.165) is 11.1 Å². The Labute approximate surface area is 83.0 Å². The molecular weight excluding hydrogens is 175 g/mol. The Kier molecular flexibility index (Phi) is 2.59. The van der Waals surface area contributed by atoms with Crippen LogP contribution in [-0.2, 0) is 0 Å². The van der Waals surface area contributed by atoms with Crippen molar-refractivity contribution >= 4 is 0 Å². The molecule has 0 saturated heterocycles. The Morgan fingerprint density at radius 2 is 1.50 bits per heavy atom. The van der Waals surface area contributed by atoms with Crippen molar-refractivity contribution in [3.8, 4) is 11.1 Å². The number of hydrogen-bond acceptors (Lipinski definition) is 0. The van der Waals surface area contributed by atoms with Gasteiger partial charge < -0.3 is 0 Å². The van der Waals surface area contributed by atoms with Gasteiger partial charge in [0.15, 0.2) is 6.67 Å². The van der Waals surface area contributed by atoms with Gasteiger partial charge in [-0.25, -0.2) is 4.39 Å². The van der Waals surface area contributed by atoms with Gasteiger partial charge in [0.25, 0.3) is 0 Å². The van der Waals surface area contributed by atoms with Gasteiger partial charge in [-0.15, -0.1) is 0 Å². The lowest BCUT2D eigenvalue weighted by molar-refractivity contribution is 0.646. The van der Waals surface area contributed by atoms with E-state index >= 15 is 0 Å². The fourth-order valence-electron chi connectivity index (χ4n) is 1.42. The van der Waals surface area contributed by atoms with Crippen LogP contribution >= 0.6 is 0 Å². The summed E-state index contributed by atoms with van der Waals surface area (Å²) in [6, 6.07) is 17.3. The summed E-state index contributed by atoms with van der Waals surface area (Å²) in [5.41, 5.74) is 2.75. The second-order valence-corrected chi connectivity index (χ2v) is 3.10. The average Bonchev–Trinajstić information content (AvgIpc) is 2.30. The third kappa shape index (κ3) is 1.82. The Balaban J connectivity index is 2.42. The van der Waals surface area contributed by atoms with Crippen LogP contribution < -0.4 is 0 Å². The Morgan fingerprint density at radius 1 is 0.786 bits per heavy atom. The molecule has 0 aliphatic heterocycles. The molecule has 0 atom stereocenters. The van der Waals surface area contributed by atoms with E-state index in [4.69, 9.17) is 0 Å². The third-order valence-electron chi connectivity index (χ3n) is 2.12. The van der Waals surface area contributed by atoms with Crippen molar-refractivity contribution in [2.24, 2.45) is 0 Å². The summed E-state index contributed by atoms with van der Waals surface area (Å²) in [6.45, 7) is 0.617. The van der Waals surface area contributed by atoms with Crippen molar-refractivity contribution in [1.29, 1.82) is 0 Å². The van der Waals surface area contributed by atoms with Crippen molar-refractivity contribution < 1.29 is 4.39 Å². The fourth-order valence-corrected chi connectivity index (χ4v) is 1.42. The molecule has 0 heterocycles. The zero-order valence-corrected chi connectivity index (χ0v) is 7.65. The van der Waals surface area contributed by atoms with Crippen molar-refractivity contribution in [3.63, 3.8) is 0 Å². The smallest absolute Gasteiger partial charge is 0.160 e. The van der Waals surface area contributed by atoms with Crippen LogP contribution in [0.2, 0.25) is 0 Å². The van der Waals surface area contributed by atoms with Gasteiger partial charge in [0.1, 0.15) is 0 Å². The third-order valence-corrected chi connectivity index (χ3v) is 2.12. The van der Waals surface area contributed by atoms with E-state index in [1.165, 1.54) is 0 Å². The highest BCUT2D eigenvalue weighted by Gasteiger charge is 1.97. The molecule has 0 amide bonds. The van der Waals surface area contributed by atoms with E-state index in [9.17, 15) is 4.39 Å². The molecule has 0 spiro atoms. The van der Waals surface area contributed by atoms with Gasteiger partial charge in [0.05, 0.1) is 0 Å². The lowest BCUT2D eigenvalue weighted by Crippen LogP contribution is -1.79. The van der Waals surface area contributed by atoms with Crippen LogP contribution in [0.15, 0.2) is 54.6 Å². The summed E-state index contributed by atoms with van der Waals surface area (Å²) in [7, 11) is 0. The van der Waals surface area contributed by atoms with Gasteiger partial charge in [0.2, 0.25) is 0 Å². The second-order valence-electron chi connectivity index (χ2n) is 3.10. The number of hydrogen-bond donors (Lipinski definition) is 0. The zero-order chi connectivity index (χ0) is 9.80. The highest BCUT2D eigenvalue weighted by Crippen LogP contribution is 2.20. The molecule has 14 heavy (non-hydrogen) atoms. The van der Waals surface area contributed by atoms with Crippen molar-refractivity contribution in [2.75, 3.05) is 0 Å². The van der Waals surface area contributed by atoms with E-state index < -0.39 is 0 Å². The molecule has 1 radical (unpaired) electrons. The van der Waals surface area contributed by atoms with Gasteiger partial charge in [-0.2, -0.15) is 0 Å². The van der Waals surface area contributed by atoms with Gasteiger partial charge in [-0.3, -0.25) is 0 Å². The summed E-state index contributed by atoms with van der Waals surface area (Å²) < 4.78 is 12.3. The van der Waals surface area contributed by atoms with Crippen LogP contribution in [0.1, 0.15) is 5.56 Å². The zero-order valence-electron chi connectivity index (χ0n) is 7.65. The van der Waals surface area contributed by atoms with Gasteiger partial charge >= 0.3 is 0 Å². The molecule has 0 aliphatic carbocycles. The molecule has 0 saturated carbocycles. The number of benzene rings is 2. The summed E-state index contributed by atoms with van der Waals surface area (Å²) in [6.07, 6.45) is 0. The van der Waals surface area contributed by atoms with Gasteiger partial charge in [-0.05, 0) is 22.8 Å². The largest absolute Gasteiger partial charge is 0.239 e. The quantitative estimate of drug-likeness (QED) is 0.667. The number of halogens is 1. The Bertz CT molecular complexity index is 407. The van der Waals surface area contributed by atoms with Crippen LogP contribution in [0.4, 0.5) is 4.39 Å². The minimum Gasteiger partial charge on any atom is -0.239 e. The van der Waals surface area contributed by atoms with Crippen LogP contribution in [-0.4, -0.2) is 0 Å². The van der Waals surface area contributed by atoms with E-state index in [1.54, 1.807) is 6.07 Å². The summed E-state index contributed by atoms with van der Waals surface area (Å²) in [5.74, 6) is 0. The average molecular weight is 185 g/mol. The van der Waals surface area contributed by atoms with Gasteiger partial charge in [-0.1, -0.05) is 48.5 Å². The molecule has 0 nitrogen and oxygen atoms in total. The highest BCUT2D eigenvalue weighted by molar-refractivity contribution is 5.64. The lowest BCUT2D eigenvalue weighted by atomic mass is 10.0. The first-order chi connectivity index (χ1) is 6.90. The summed E-state index contributed by atoms with van der Waals surface area (Å²) >= 11 is 0. The maximum Gasteiger partial charge on any atom is 0.160 e. The first-order valence-corrected chi connectivity index (χ1v) is 4.49. The monoisotopic (exact) mass is 185 g/mol. The van der Waals surface area contributed by atoms with Crippen LogP contribution in [0, 0.1) is 6.67 Å². The van der Waals surface area contributed by atoms with Crippen molar-refractivity contribution in [2.45, 2.75) is 0 Å². The molecule has 69 valence electrons. The molecular formula is C13H10F. The molecule has 2 rings (SSSR count). The van der Waals surface area contributed by atoms with Crippen LogP contribution in [0.5, 0.6) is 0 Å². The molecule has 0 aliphatic rings. The van der Waals surface area contributed by atoms with Crippen LogP contribution in [0.25, 0.3) is 11.1 Å². The van der Waals surface area contributed by atoms with Crippen molar-refractivity contribution in [3.05, 3.63) is 66.8 Å². The predicted octanol–water partition coefficient (Wildman–Crippen LogP) is 3.83. The van der Waals surface area contributed by atoms with Gasteiger partial charge in [0, 0.05) is 0 Å². The second kappa shape index (κ2) is 4.05. The van der Waals surface area contributed by atoms with Crippen LogP contribution in [0.3, 0.4) is 0 Å². The topological polar surface area (TPSA) is 0 Å². The molecule has 2 aromatic carbocycles. The molecule has 0 N–H and O–H groups in total. The number of rotatable bonds is 2. The molecule has 0 fully saturated rings. The molecule has 0 bridgehead atoms. The molecule has 0 aromatic heterocycles. The van der Waals surface area contributed by atoms with Crippen molar-refractivity contribution in [1.82, 2.24) is 0 Å². The van der Waals surface area contributed by atoms with E-state index in [1.807, 2.05) is 48.5 Å². The Morgan fingerprint density at radius 3 is 2.21 bits per heavy atom. The SMILES string of the molecule is F[CH]c1cccc(-c2ccccc2)c1. The maximum absolute atomic E-state index is 12.3. The lowest BCUT2D eigenvalue weighted by Gasteiger charge is -2.02. The fraction of sp³-hybridized carbons (Fsp3) is 0. The van der Waals surface area contributed by atoms with E-state index in [0.29, 0.717) is 12.2 Å². The Hall–Kier alpha value is -1.63. The highest BCUT2D eigenvalue weighted by atomic mass is 19.1. The summed E-state index contributed by atoms with van der Waals surface area (Å²) in [5, 5.41) is 0. The standard InChI is InChI=1S/C13H10F/c14-10-11-5-4-8-13(9-11)12-6-2-1-3-7-12/h1-10H. The minimum absolute atomic E-state index is 0.603. The molecule has 1 heteroatoms. The van der Waals surface area contributed by atoms with E-state index in [2.05, 4.69) is 0 Å². The first-order valence-electron chi connectivity index (χ1n) is 4.49. The maximum atomic E-state index is 12.3. The normalized spacial score (nSPS) is 10.1. The first kappa shape index (κ1) is 8.95. The summed E-state index contributed by atoms with van der Waals surface area (Å²) in [4.78, 5) is 0. The predicted molar refractivity (Wildman–Crippen MR) is 56.4 cm³/mol. The molecule has 2 aromatic rings. The van der Waals surface area contributed by atoms with E-state index in [-0.39, 0.29) is 0 Å². The molecule has 0 unspecified atom stereocenters. The minimum atomic E-state index is 0.603.